The van der Waals surface area contributed by atoms with Crippen LogP contribution in [0.15, 0.2) is 24.3 Å². The third-order valence-electron chi connectivity index (χ3n) is 3.62. The Morgan fingerprint density at radius 3 is 2.33 bits per heavy atom. The van der Waals surface area contributed by atoms with Gasteiger partial charge in [-0.05, 0) is 19.8 Å². The first-order chi connectivity index (χ1) is 8.59. The minimum Gasteiger partial charge on any atom is -0.363 e. The van der Waals surface area contributed by atoms with Gasteiger partial charge in [-0.15, -0.1) is 10.2 Å². The van der Waals surface area contributed by atoms with Gasteiger partial charge in [-0.2, -0.15) is 0 Å². The molecule has 1 aromatic carbocycles. The van der Waals surface area contributed by atoms with Crippen molar-refractivity contribution in [1.29, 1.82) is 0 Å². The maximum absolute atomic E-state index is 6.07. The van der Waals surface area contributed by atoms with Gasteiger partial charge in [0.05, 0.1) is 0 Å². The van der Waals surface area contributed by atoms with E-state index in [0.29, 0.717) is 5.15 Å². The highest BCUT2D eigenvalue weighted by Crippen LogP contribution is 2.29. The molecule has 0 unspecified atom stereocenters. The molecule has 0 amide bonds. The van der Waals surface area contributed by atoms with Gasteiger partial charge in [-0.1, -0.05) is 49.7 Å². The van der Waals surface area contributed by atoms with Crippen LogP contribution >= 0.6 is 11.6 Å². The number of benzene rings is 1. The third kappa shape index (κ3) is 2.41. The fraction of sp³-hybridized carbons (Fsp3) is 0.429. The van der Waals surface area contributed by atoms with Gasteiger partial charge in [0, 0.05) is 16.3 Å². The molecule has 3 nitrogen and oxygen atoms in total. The predicted octanol–water partition coefficient (Wildman–Crippen LogP) is 4.27. The van der Waals surface area contributed by atoms with Crippen molar-refractivity contribution in [3.05, 3.63) is 29.4 Å². The molecule has 18 heavy (non-hydrogen) atoms. The lowest BCUT2D eigenvalue weighted by molar-refractivity contribution is 0.476. The molecule has 0 bridgehead atoms. The highest BCUT2D eigenvalue weighted by atomic mass is 35.5. The van der Waals surface area contributed by atoms with E-state index < -0.39 is 0 Å². The van der Waals surface area contributed by atoms with Crippen molar-refractivity contribution < 1.29 is 0 Å². The van der Waals surface area contributed by atoms with Crippen LogP contribution in [0.3, 0.4) is 0 Å². The van der Waals surface area contributed by atoms with Crippen molar-refractivity contribution in [2.45, 2.75) is 39.2 Å². The Bertz CT molecular complexity index is 550. The van der Waals surface area contributed by atoms with Crippen molar-refractivity contribution in [3.8, 4) is 0 Å². The molecular weight excluding hydrogens is 246 g/mol. The largest absolute Gasteiger partial charge is 0.363 e. The third-order valence-corrected chi connectivity index (χ3v) is 3.90. The molecule has 0 saturated carbocycles. The summed E-state index contributed by atoms with van der Waals surface area (Å²) in [5.41, 5.74) is 0.0330. The maximum atomic E-state index is 6.07. The van der Waals surface area contributed by atoms with Gasteiger partial charge >= 0.3 is 0 Å². The Balaban J connectivity index is 2.49. The normalized spacial score (nSPS) is 11.8. The van der Waals surface area contributed by atoms with Crippen LogP contribution in [0, 0.1) is 0 Å². The zero-order valence-corrected chi connectivity index (χ0v) is 11.8. The van der Waals surface area contributed by atoms with Crippen LogP contribution in [0.2, 0.25) is 5.15 Å². The summed E-state index contributed by atoms with van der Waals surface area (Å²) in [6.07, 6.45) is 2.06. The molecule has 0 atom stereocenters. The first-order valence-corrected chi connectivity index (χ1v) is 6.66. The van der Waals surface area contributed by atoms with E-state index in [9.17, 15) is 0 Å². The fourth-order valence-electron chi connectivity index (χ4n) is 1.88. The topological polar surface area (TPSA) is 37.8 Å². The standard InChI is InChI=1S/C14H18ClN3/c1-4-14(3,5-2)16-13-11-9-7-6-8-10(11)12(15)17-18-13/h6-9H,4-5H2,1-3H3,(H,16,18). The molecule has 0 radical (unpaired) electrons. The van der Waals surface area contributed by atoms with E-state index in [1.54, 1.807) is 0 Å². The van der Waals surface area contributed by atoms with Crippen molar-refractivity contribution in [1.82, 2.24) is 10.2 Å². The Morgan fingerprint density at radius 2 is 1.72 bits per heavy atom. The number of fused-ring (bicyclic) bond motifs is 1. The zero-order valence-electron chi connectivity index (χ0n) is 11.0. The monoisotopic (exact) mass is 263 g/mol. The first kappa shape index (κ1) is 13.1. The molecule has 0 saturated heterocycles. The number of nitrogens with one attached hydrogen (secondary N) is 1. The zero-order chi connectivity index (χ0) is 13.2. The number of rotatable bonds is 4. The molecule has 96 valence electrons. The summed E-state index contributed by atoms with van der Waals surface area (Å²) in [5.74, 6) is 0.807. The molecule has 0 fully saturated rings. The minimum atomic E-state index is 0.0330. The number of halogens is 1. The lowest BCUT2D eigenvalue weighted by Gasteiger charge is -2.29. The van der Waals surface area contributed by atoms with Gasteiger partial charge < -0.3 is 5.32 Å². The van der Waals surface area contributed by atoms with Crippen LogP contribution in [0.1, 0.15) is 33.6 Å². The smallest absolute Gasteiger partial charge is 0.159 e. The Kier molecular flexibility index (Phi) is 3.71. The van der Waals surface area contributed by atoms with Gasteiger partial charge in [-0.3, -0.25) is 0 Å². The highest BCUT2D eigenvalue weighted by molar-refractivity contribution is 6.34. The lowest BCUT2D eigenvalue weighted by atomic mass is 9.95. The van der Waals surface area contributed by atoms with Crippen LogP contribution < -0.4 is 5.32 Å². The molecule has 0 aliphatic carbocycles. The van der Waals surface area contributed by atoms with E-state index in [-0.39, 0.29) is 5.54 Å². The molecule has 0 aliphatic heterocycles. The highest BCUT2D eigenvalue weighted by Gasteiger charge is 2.21. The van der Waals surface area contributed by atoms with Crippen LogP contribution in [0.25, 0.3) is 10.8 Å². The second kappa shape index (κ2) is 5.11. The predicted molar refractivity (Wildman–Crippen MR) is 77.2 cm³/mol. The molecule has 1 heterocycles. The van der Waals surface area contributed by atoms with E-state index >= 15 is 0 Å². The van der Waals surface area contributed by atoms with Gasteiger partial charge in [-0.25, -0.2) is 0 Å². The van der Waals surface area contributed by atoms with Crippen molar-refractivity contribution in [3.63, 3.8) is 0 Å². The van der Waals surface area contributed by atoms with E-state index in [0.717, 1.165) is 29.4 Å². The van der Waals surface area contributed by atoms with Crippen LogP contribution in [0.5, 0.6) is 0 Å². The summed E-state index contributed by atoms with van der Waals surface area (Å²) in [4.78, 5) is 0. The molecular formula is C14H18ClN3. The van der Waals surface area contributed by atoms with Crippen molar-refractivity contribution >= 4 is 28.2 Å². The van der Waals surface area contributed by atoms with Crippen LogP contribution in [0.4, 0.5) is 5.82 Å². The molecule has 0 spiro atoms. The summed E-state index contributed by atoms with van der Waals surface area (Å²) >= 11 is 6.07. The van der Waals surface area contributed by atoms with E-state index in [1.807, 2.05) is 24.3 Å². The Labute approximate surface area is 113 Å². The number of nitrogens with zero attached hydrogens (tertiary/aromatic N) is 2. The summed E-state index contributed by atoms with van der Waals surface area (Å²) in [5, 5.41) is 14.1. The van der Waals surface area contributed by atoms with E-state index in [1.165, 1.54) is 0 Å². The molecule has 2 aromatic rings. The van der Waals surface area contributed by atoms with Gasteiger partial charge in [0.2, 0.25) is 0 Å². The average molecular weight is 264 g/mol. The quantitative estimate of drug-likeness (QED) is 0.895. The summed E-state index contributed by atoms with van der Waals surface area (Å²) in [6, 6.07) is 7.93. The van der Waals surface area contributed by atoms with Crippen molar-refractivity contribution in [2.24, 2.45) is 0 Å². The average Bonchev–Trinajstić information content (AvgIpc) is 2.42. The van der Waals surface area contributed by atoms with Gasteiger partial charge in [0.1, 0.15) is 0 Å². The van der Waals surface area contributed by atoms with Gasteiger partial charge in [0.25, 0.3) is 0 Å². The molecule has 1 N–H and O–H groups in total. The molecule has 2 rings (SSSR count). The first-order valence-electron chi connectivity index (χ1n) is 6.28. The molecule has 0 aliphatic rings. The molecule has 1 aromatic heterocycles. The SMILES string of the molecule is CCC(C)(CC)Nc1nnc(Cl)c2ccccc12. The number of aromatic nitrogens is 2. The fourth-order valence-corrected chi connectivity index (χ4v) is 2.08. The summed E-state index contributed by atoms with van der Waals surface area (Å²) in [7, 11) is 0. The summed E-state index contributed by atoms with van der Waals surface area (Å²) < 4.78 is 0. The Morgan fingerprint density at radius 1 is 1.11 bits per heavy atom. The maximum Gasteiger partial charge on any atom is 0.159 e. The van der Waals surface area contributed by atoms with E-state index in [4.69, 9.17) is 11.6 Å². The number of hydrogen-bond donors (Lipinski definition) is 1. The molecule has 4 heteroatoms. The second-order valence-electron chi connectivity index (χ2n) is 4.78. The van der Waals surface area contributed by atoms with Crippen LogP contribution in [-0.2, 0) is 0 Å². The second-order valence-corrected chi connectivity index (χ2v) is 5.14. The number of hydrogen-bond acceptors (Lipinski definition) is 3. The van der Waals surface area contributed by atoms with E-state index in [2.05, 4.69) is 36.3 Å². The lowest BCUT2D eigenvalue weighted by Crippen LogP contribution is -2.33. The van der Waals surface area contributed by atoms with Crippen LogP contribution in [-0.4, -0.2) is 15.7 Å². The number of anilines is 1. The van der Waals surface area contributed by atoms with Crippen molar-refractivity contribution in [2.75, 3.05) is 5.32 Å². The Hall–Kier alpha value is -1.35. The van der Waals surface area contributed by atoms with Gasteiger partial charge in [0.15, 0.2) is 11.0 Å². The summed E-state index contributed by atoms with van der Waals surface area (Å²) in [6.45, 7) is 6.53. The minimum absolute atomic E-state index is 0.0330.